The number of ether oxygens (including phenoxy) is 2. The lowest BCUT2D eigenvalue weighted by Gasteiger charge is -2.37. The molecule has 0 radical (unpaired) electrons. The first kappa shape index (κ1) is 18.8. The SMILES string of the molecule is COC(=O)c1c(Cl)cc(BOC(C)(C)C(C)(C)O)cc1OC. The van der Waals surface area contributed by atoms with Crippen LogP contribution < -0.4 is 10.2 Å². The van der Waals surface area contributed by atoms with E-state index in [0.29, 0.717) is 5.75 Å². The number of carbonyl (C=O) groups excluding carboxylic acids is 1. The molecular formula is C15H22BClO5. The second-order valence-electron chi connectivity index (χ2n) is 6.00. The lowest BCUT2D eigenvalue weighted by molar-refractivity contribution is -0.0893. The van der Waals surface area contributed by atoms with Gasteiger partial charge < -0.3 is 19.2 Å². The third-order valence-corrected chi connectivity index (χ3v) is 4.09. The highest BCUT2D eigenvalue weighted by atomic mass is 35.5. The Morgan fingerprint density at radius 2 is 1.82 bits per heavy atom. The number of hydrogen-bond donors (Lipinski definition) is 1. The van der Waals surface area contributed by atoms with Gasteiger partial charge in [-0.2, -0.15) is 0 Å². The highest BCUT2D eigenvalue weighted by molar-refractivity contribution is 6.48. The number of methoxy groups -OCH3 is 2. The largest absolute Gasteiger partial charge is 0.496 e. The maximum Gasteiger partial charge on any atom is 0.343 e. The lowest BCUT2D eigenvalue weighted by Crippen LogP contribution is -2.49. The molecule has 1 aromatic rings. The smallest absolute Gasteiger partial charge is 0.343 e. The summed E-state index contributed by atoms with van der Waals surface area (Å²) >= 11 is 6.14. The number of carbonyl (C=O) groups is 1. The summed E-state index contributed by atoms with van der Waals surface area (Å²) in [5.74, 6) is -0.245. The zero-order valence-corrected chi connectivity index (χ0v) is 14.6. The van der Waals surface area contributed by atoms with Crippen LogP contribution in [-0.4, -0.2) is 44.0 Å². The lowest BCUT2D eigenvalue weighted by atomic mass is 9.82. The Morgan fingerprint density at radius 3 is 2.27 bits per heavy atom. The van der Waals surface area contributed by atoms with Gasteiger partial charge >= 0.3 is 13.5 Å². The minimum absolute atomic E-state index is 0.178. The molecule has 7 heteroatoms. The number of hydrogen-bond acceptors (Lipinski definition) is 5. The van der Waals surface area contributed by atoms with Crippen LogP contribution in [0.2, 0.25) is 5.02 Å². The molecule has 0 spiro atoms. The molecule has 0 aromatic heterocycles. The van der Waals surface area contributed by atoms with Crippen molar-refractivity contribution in [1.82, 2.24) is 0 Å². The molecule has 0 unspecified atom stereocenters. The van der Waals surface area contributed by atoms with Gasteiger partial charge in [0.25, 0.3) is 0 Å². The van der Waals surface area contributed by atoms with Crippen LogP contribution in [0.3, 0.4) is 0 Å². The average molecular weight is 329 g/mol. The molecular weight excluding hydrogens is 306 g/mol. The van der Waals surface area contributed by atoms with Crippen LogP contribution in [0.5, 0.6) is 5.75 Å². The molecule has 0 saturated heterocycles. The van der Waals surface area contributed by atoms with Crippen molar-refractivity contribution < 1.29 is 24.0 Å². The van der Waals surface area contributed by atoms with Gasteiger partial charge in [0.2, 0.25) is 0 Å². The zero-order chi connectivity index (χ0) is 17.1. The highest BCUT2D eigenvalue weighted by Gasteiger charge is 2.35. The fourth-order valence-electron chi connectivity index (χ4n) is 1.62. The van der Waals surface area contributed by atoms with E-state index in [1.165, 1.54) is 14.2 Å². The van der Waals surface area contributed by atoms with Crippen molar-refractivity contribution in [2.75, 3.05) is 14.2 Å². The quantitative estimate of drug-likeness (QED) is 0.636. The summed E-state index contributed by atoms with van der Waals surface area (Å²) in [7, 11) is 2.94. The fourth-order valence-corrected chi connectivity index (χ4v) is 1.93. The molecule has 0 fully saturated rings. The van der Waals surface area contributed by atoms with Crippen molar-refractivity contribution in [2.45, 2.75) is 38.9 Å². The van der Waals surface area contributed by atoms with Crippen molar-refractivity contribution in [3.05, 3.63) is 22.7 Å². The van der Waals surface area contributed by atoms with E-state index in [1.807, 2.05) is 0 Å². The minimum atomic E-state index is -1.01. The molecule has 5 nitrogen and oxygen atoms in total. The maximum absolute atomic E-state index is 11.7. The fraction of sp³-hybridized carbons (Fsp3) is 0.533. The summed E-state index contributed by atoms with van der Waals surface area (Å²) in [6.45, 7) is 6.96. The van der Waals surface area contributed by atoms with E-state index in [9.17, 15) is 9.90 Å². The molecule has 0 heterocycles. The zero-order valence-electron chi connectivity index (χ0n) is 13.8. The third-order valence-electron chi connectivity index (χ3n) is 3.80. The van der Waals surface area contributed by atoms with Gasteiger partial charge in [-0.3, -0.25) is 0 Å². The van der Waals surface area contributed by atoms with E-state index in [-0.39, 0.29) is 18.1 Å². The number of benzene rings is 1. The number of halogens is 1. The first-order chi connectivity index (χ1) is 10.0. The van der Waals surface area contributed by atoms with Crippen LogP contribution in [-0.2, 0) is 9.39 Å². The van der Waals surface area contributed by atoms with E-state index < -0.39 is 17.2 Å². The van der Waals surface area contributed by atoms with Gasteiger partial charge in [0.1, 0.15) is 11.3 Å². The molecule has 0 aliphatic rings. The molecule has 0 saturated carbocycles. The monoisotopic (exact) mass is 328 g/mol. The Labute approximate surface area is 136 Å². The van der Waals surface area contributed by atoms with Crippen LogP contribution >= 0.6 is 11.6 Å². The van der Waals surface area contributed by atoms with Crippen LogP contribution in [0.1, 0.15) is 38.1 Å². The van der Waals surface area contributed by atoms with Gasteiger partial charge in [0.15, 0.2) is 0 Å². The number of rotatable bonds is 6. The van der Waals surface area contributed by atoms with Crippen LogP contribution in [0.15, 0.2) is 12.1 Å². The van der Waals surface area contributed by atoms with Crippen molar-refractivity contribution >= 4 is 30.5 Å². The molecule has 0 amide bonds. The Balaban J connectivity index is 3.04. The van der Waals surface area contributed by atoms with Gasteiger partial charge in [-0.15, -0.1) is 0 Å². The van der Waals surface area contributed by atoms with E-state index in [1.54, 1.807) is 39.8 Å². The summed E-state index contributed by atoms with van der Waals surface area (Å²) in [5.41, 5.74) is -0.857. The predicted octanol–water partition coefficient (Wildman–Crippen LogP) is 1.68. The second-order valence-corrected chi connectivity index (χ2v) is 6.41. The molecule has 1 aromatic carbocycles. The van der Waals surface area contributed by atoms with Gasteiger partial charge in [-0.25, -0.2) is 4.79 Å². The minimum Gasteiger partial charge on any atom is -0.496 e. The molecule has 1 rings (SSSR count). The molecule has 0 aliphatic carbocycles. The Kier molecular flexibility index (Phi) is 5.90. The van der Waals surface area contributed by atoms with Gasteiger partial charge in [0.05, 0.1) is 30.4 Å². The maximum atomic E-state index is 11.7. The molecule has 0 atom stereocenters. The summed E-state index contributed by atoms with van der Waals surface area (Å²) in [5, 5.41) is 10.3. The Morgan fingerprint density at radius 1 is 1.23 bits per heavy atom. The first-order valence-electron chi connectivity index (χ1n) is 6.84. The van der Waals surface area contributed by atoms with Gasteiger partial charge in [-0.05, 0) is 45.3 Å². The van der Waals surface area contributed by atoms with Crippen molar-refractivity contribution in [1.29, 1.82) is 0 Å². The van der Waals surface area contributed by atoms with Crippen molar-refractivity contribution in [3.63, 3.8) is 0 Å². The van der Waals surface area contributed by atoms with Crippen molar-refractivity contribution in [3.8, 4) is 5.75 Å². The second kappa shape index (κ2) is 6.90. The molecule has 0 aliphatic heterocycles. The van der Waals surface area contributed by atoms with Gasteiger partial charge in [0, 0.05) is 0 Å². The highest BCUT2D eigenvalue weighted by Crippen LogP contribution is 2.27. The van der Waals surface area contributed by atoms with E-state index in [2.05, 4.69) is 0 Å². The third kappa shape index (κ3) is 4.15. The molecule has 122 valence electrons. The van der Waals surface area contributed by atoms with E-state index in [4.69, 9.17) is 25.7 Å². The standard InChI is InChI=1S/C15H22BClO5/c1-14(2,19)15(3,4)22-16-9-7-10(17)12(13(18)21-6)11(8-9)20-5/h7-8,16,19H,1-6H3. The van der Waals surface area contributed by atoms with E-state index in [0.717, 1.165) is 5.46 Å². The van der Waals surface area contributed by atoms with Crippen molar-refractivity contribution in [2.24, 2.45) is 0 Å². The summed E-state index contributed by atoms with van der Waals surface area (Å²) in [6, 6.07) is 3.29. The van der Waals surface area contributed by atoms with E-state index >= 15 is 0 Å². The number of aliphatic hydroxyl groups is 1. The summed E-state index contributed by atoms with van der Waals surface area (Å²) < 4.78 is 15.7. The van der Waals surface area contributed by atoms with Crippen LogP contribution in [0.25, 0.3) is 0 Å². The van der Waals surface area contributed by atoms with Crippen LogP contribution in [0.4, 0.5) is 0 Å². The first-order valence-corrected chi connectivity index (χ1v) is 7.22. The van der Waals surface area contributed by atoms with Crippen LogP contribution in [0, 0.1) is 0 Å². The molecule has 0 bridgehead atoms. The normalized spacial score (nSPS) is 12.0. The summed E-state index contributed by atoms with van der Waals surface area (Å²) in [6.07, 6.45) is 0. The Bertz CT molecular complexity index is 552. The number of esters is 1. The molecule has 22 heavy (non-hydrogen) atoms. The average Bonchev–Trinajstić information content (AvgIpc) is 2.42. The predicted molar refractivity (Wildman–Crippen MR) is 87.6 cm³/mol. The Hall–Kier alpha value is -1.24. The van der Waals surface area contributed by atoms with Gasteiger partial charge in [-0.1, -0.05) is 11.6 Å². The molecule has 1 N–H and O–H groups in total. The topological polar surface area (TPSA) is 65.0 Å². The summed E-state index contributed by atoms with van der Waals surface area (Å²) in [4.78, 5) is 11.7.